The zero-order valence-electron chi connectivity index (χ0n) is 17.4. The van der Waals surface area contributed by atoms with Gasteiger partial charge in [-0.05, 0) is 35.4 Å². The minimum Gasteiger partial charge on any atom is -0.497 e. The number of urea groups is 1. The summed E-state index contributed by atoms with van der Waals surface area (Å²) in [5, 5.41) is 5.39. The number of amides is 2. The molecule has 0 aromatic heterocycles. The maximum absolute atomic E-state index is 13.2. The Hall–Kier alpha value is -4.26. The Kier molecular flexibility index (Phi) is 6.36. The van der Waals surface area contributed by atoms with Crippen molar-refractivity contribution in [3.05, 3.63) is 108 Å². The van der Waals surface area contributed by atoms with E-state index in [1.54, 1.807) is 43.5 Å². The Morgan fingerprint density at radius 3 is 2.19 bits per heavy atom. The fourth-order valence-corrected chi connectivity index (χ4v) is 3.28. The van der Waals surface area contributed by atoms with Crippen LogP contribution in [-0.4, -0.2) is 19.1 Å². The number of esters is 1. The summed E-state index contributed by atoms with van der Waals surface area (Å²) in [7, 11) is 1.59. The lowest BCUT2D eigenvalue weighted by atomic mass is 9.97. The number of para-hydroxylation sites is 1. The van der Waals surface area contributed by atoms with Crippen LogP contribution in [0, 0.1) is 0 Å². The van der Waals surface area contributed by atoms with Crippen molar-refractivity contribution in [1.29, 1.82) is 0 Å². The first-order valence-electron chi connectivity index (χ1n) is 10.0. The summed E-state index contributed by atoms with van der Waals surface area (Å²) >= 11 is 0. The molecule has 0 bridgehead atoms. The molecule has 1 aliphatic heterocycles. The van der Waals surface area contributed by atoms with Gasteiger partial charge in [0.25, 0.3) is 0 Å². The van der Waals surface area contributed by atoms with Crippen molar-refractivity contribution in [3.63, 3.8) is 0 Å². The van der Waals surface area contributed by atoms with Gasteiger partial charge in [0.05, 0.1) is 13.2 Å². The Bertz CT molecular complexity index is 1110. The molecule has 2 amide bonds. The third kappa shape index (κ3) is 4.89. The molecule has 1 heterocycles. The average Bonchev–Trinajstić information content (AvgIpc) is 2.83. The number of hydrogen-bond acceptors (Lipinski definition) is 5. The highest BCUT2D eigenvalue weighted by atomic mass is 16.5. The van der Waals surface area contributed by atoms with E-state index in [0.717, 1.165) is 11.1 Å². The number of hydrogen-bond donors (Lipinski definition) is 2. The maximum atomic E-state index is 13.2. The highest BCUT2D eigenvalue weighted by Gasteiger charge is 2.35. The third-order valence-electron chi connectivity index (χ3n) is 4.88. The van der Waals surface area contributed by atoms with Crippen molar-refractivity contribution in [2.45, 2.75) is 12.6 Å². The van der Waals surface area contributed by atoms with Gasteiger partial charge in [0, 0.05) is 0 Å². The van der Waals surface area contributed by atoms with Crippen molar-refractivity contribution in [2.75, 3.05) is 7.11 Å². The number of nitrogens with one attached hydrogen (secondary N) is 2. The lowest BCUT2D eigenvalue weighted by Gasteiger charge is -2.28. The molecule has 1 aliphatic rings. The number of benzene rings is 3. The zero-order chi connectivity index (χ0) is 22.3. The molecule has 7 nitrogen and oxygen atoms in total. The van der Waals surface area contributed by atoms with E-state index in [-0.39, 0.29) is 18.1 Å². The molecule has 0 radical (unpaired) electrons. The van der Waals surface area contributed by atoms with Gasteiger partial charge in [0.15, 0.2) is 0 Å². The van der Waals surface area contributed by atoms with Gasteiger partial charge in [-0.1, -0.05) is 60.7 Å². The van der Waals surface area contributed by atoms with Gasteiger partial charge in [-0.25, -0.2) is 9.59 Å². The lowest BCUT2D eigenvalue weighted by Crippen LogP contribution is -2.47. The average molecular weight is 430 g/mol. The number of rotatable bonds is 7. The molecule has 0 spiro atoms. The van der Waals surface area contributed by atoms with E-state index in [1.165, 1.54) is 0 Å². The summed E-state index contributed by atoms with van der Waals surface area (Å²) < 4.78 is 16.6. The summed E-state index contributed by atoms with van der Waals surface area (Å²) in [6.07, 6.45) is 0. The van der Waals surface area contributed by atoms with E-state index in [1.807, 2.05) is 48.5 Å². The van der Waals surface area contributed by atoms with E-state index in [2.05, 4.69) is 10.6 Å². The van der Waals surface area contributed by atoms with E-state index in [0.29, 0.717) is 11.5 Å². The summed E-state index contributed by atoms with van der Waals surface area (Å²) in [5.74, 6) is 0.628. The maximum Gasteiger partial charge on any atom is 0.342 e. The number of carbonyl (C=O) groups is 2. The second kappa shape index (κ2) is 9.70. The first kappa shape index (κ1) is 21.0. The second-order valence-electron chi connectivity index (χ2n) is 7.02. The predicted molar refractivity (Wildman–Crippen MR) is 118 cm³/mol. The van der Waals surface area contributed by atoms with Crippen LogP contribution < -0.4 is 20.1 Å². The van der Waals surface area contributed by atoms with Crippen LogP contribution in [-0.2, 0) is 16.1 Å². The van der Waals surface area contributed by atoms with Gasteiger partial charge in [-0.2, -0.15) is 0 Å². The smallest absolute Gasteiger partial charge is 0.342 e. The fraction of sp³-hybridized carbons (Fsp3) is 0.120. The summed E-state index contributed by atoms with van der Waals surface area (Å²) in [6.45, 7) is 0.0560. The van der Waals surface area contributed by atoms with Crippen molar-refractivity contribution in [1.82, 2.24) is 10.6 Å². The van der Waals surface area contributed by atoms with Crippen LogP contribution in [0.15, 0.2) is 96.4 Å². The SMILES string of the molecule is COc1ccc(COC(=O)C2=C(Oc3ccccc3)NC(=O)NC2c2ccccc2)cc1. The van der Waals surface area contributed by atoms with Crippen molar-refractivity contribution in [3.8, 4) is 11.5 Å². The molecule has 3 aromatic rings. The minimum atomic E-state index is -0.730. The lowest BCUT2D eigenvalue weighted by molar-refractivity contribution is -0.141. The van der Waals surface area contributed by atoms with Crippen LogP contribution in [0.2, 0.25) is 0 Å². The van der Waals surface area contributed by atoms with E-state index < -0.39 is 18.0 Å². The van der Waals surface area contributed by atoms with Crippen molar-refractivity contribution < 1.29 is 23.8 Å². The molecule has 1 unspecified atom stereocenters. The van der Waals surface area contributed by atoms with E-state index >= 15 is 0 Å². The van der Waals surface area contributed by atoms with Gasteiger partial charge < -0.3 is 19.5 Å². The van der Waals surface area contributed by atoms with Gasteiger partial charge in [-0.3, -0.25) is 5.32 Å². The van der Waals surface area contributed by atoms with Gasteiger partial charge in [0.1, 0.15) is 23.7 Å². The zero-order valence-corrected chi connectivity index (χ0v) is 17.4. The standard InChI is InChI=1S/C25H22N2O5/c1-30-19-14-12-17(13-15-19)16-31-24(28)21-22(18-8-4-2-5-9-18)26-25(29)27-23(21)32-20-10-6-3-7-11-20/h2-15,22H,16H2,1H3,(H2,26,27,29). The molecule has 4 rings (SSSR count). The molecule has 0 fully saturated rings. The Morgan fingerprint density at radius 2 is 1.53 bits per heavy atom. The van der Waals surface area contributed by atoms with Crippen LogP contribution in [0.5, 0.6) is 11.5 Å². The molecule has 1 atom stereocenters. The summed E-state index contributed by atoms with van der Waals surface area (Å²) in [4.78, 5) is 25.6. The van der Waals surface area contributed by atoms with Crippen LogP contribution >= 0.6 is 0 Å². The Morgan fingerprint density at radius 1 is 0.875 bits per heavy atom. The summed E-state index contributed by atoms with van der Waals surface area (Å²) in [6, 6.07) is 24.1. The number of methoxy groups -OCH3 is 1. The second-order valence-corrected chi connectivity index (χ2v) is 7.02. The molecular weight excluding hydrogens is 408 g/mol. The van der Waals surface area contributed by atoms with Crippen LogP contribution in [0.25, 0.3) is 0 Å². The number of carbonyl (C=O) groups excluding carboxylic acids is 2. The molecule has 2 N–H and O–H groups in total. The molecule has 7 heteroatoms. The quantitative estimate of drug-likeness (QED) is 0.552. The Labute approximate surface area is 185 Å². The molecule has 0 saturated carbocycles. The van der Waals surface area contributed by atoms with E-state index in [9.17, 15) is 9.59 Å². The summed E-state index contributed by atoms with van der Waals surface area (Å²) in [5.41, 5.74) is 1.70. The van der Waals surface area contributed by atoms with Gasteiger partial charge in [-0.15, -0.1) is 0 Å². The fourth-order valence-electron chi connectivity index (χ4n) is 3.28. The molecule has 32 heavy (non-hydrogen) atoms. The third-order valence-corrected chi connectivity index (χ3v) is 4.88. The molecule has 0 saturated heterocycles. The van der Waals surface area contributed by atoms with Crippen LogP contribution in [0.1, 0.15) is 17.2 Å². The highest BCUT2D eigenvalue weighted by molar-refractivity contribution is 5.94. The number of ether oxygens (including phenoxy) is 3. The van der Waals surface area contributed by atoms with Gasteiger partial charge >= 0.3 is 12.0 Å². The molecule has 0 aliphatic carbocycles. The van der Waals surface area contributed by atoms with E-state index in [4.69, 9.17) is 14.2 Å². The monoisotopic (exact) mass is 430 g/mol. The first-order valence-corrected chi connectivity index (χ1v) is 10.0. The van der Waals surface area contributed by atoms with Crippen LogP contribution in [0.4, 0.5) is 4.79 Å². The Balaban J connectivity index is 1.65. The minimum absolute atomic E-state index is 0.0357. The predicted octanol–water partition coefficient (Wildman–Crippen LogP) is 4.08. The molecular formula is C25H22N2O5. The van der Waals surface area contributed by atoms with Crippen molar-refractivity contribution >= 4 is 12.0 Å². The first-order chi connectivity index (χ1) is 15.6. The highest BCUT2D eigenvalue weighted by Crippen LogP contribution is 2.29. The normalized spacial score (nSPS) is 15.4. The van der Waals surface area contributed by atoms with Crippen molar-refractivity contribution in [2.24, 2.45) is 0 Å². The largest absolute Gasteiger partial charge is 0.497 e. The molecule has 162 valence electrons. The van der Waals surface area contributed by atoms with Gasteiger partial charge in [0.2, 0.25) is 5.88 Å². The van der Waals surface area contributed by atoms with Crippen LogP contribution in [0.3, 0.4) is 0 Å². The topological polar surface area (TPSA) is 85.9 Å². The molecule has 3 aromatic carbocycles.